The second-order valence-corrected chi connectivity index (χ2v) is 6.55. The Morgan fingerprint density at radius 3 is 2.48 bits per heavy atom. The molecule has 2 aromatic carbocycles. The molecule has 2 aliphatic rings. The van der Waals surface area contributed by atoms with Gasteiger partial charge in [-0.15, -0.1) is 0 Å². The number of hydrogen-bond donors (Lipinski definition) is 1. The first-order chi connectivity index (χ1) is 13.9. The molecule has 0 saturated heterocycles. The molecule has 1 unspecified atom stereocenters. The minimum atomic E-state index is -1.56. The van der Waals surface area contributed by atoms with Gasteiger partial charge in [0.15, 0.2) is 17.5 Å². The maximum Gasteiger partial charge on any atom is 0.353 e. The van der Waals surface area contributed by atoms with E-state index < -0.39 is 35.3 Å². The summed E-state index contributed by atoms with van der Waals surface area (Å²) in [5.41, 5.74) is 0.470. The van der Waals surface area contributed by atoms with Crippen molar-refractivity contribution < 1.29 is 22.4 Å². The summed E-state index contributed by atoms with van der Waals surface area (Å²) in [6.07, 6.45) is 0. The fraction of sp³-hybridized carbons (Fsp3) is 0.211. The lowest BCUT2D eigenvalue weighted by Crippen LogP contribution is -2.54. The van der Waals surface area contributed by atoms with E-state index in [4.69, 9.17) is 0 Å². The molecule has 4 rings (SSSR count). The van der Waals surface area contributed by atoms with E-state index in [1.54, 1.807) is 18.2 Å². The van der Waals surface area contributed by atoms with E-state index in [1.807, 2.05) is 0 Å². The van der Waals surface area contributed by atoms with Crippen LogP contribution < -0.4 is 5.32 Å². The summed E-state index contributed by atoms with van der Waals surface area (Å²) >= 11 is 0. The smallest absolute Gasteiger partial charge is 0.351 e. The van der Waals surface area contributed by atoms with Crippen molar-refractivity contribution in [3.8, 4) is 0 Å². The summed E-state index contributed by atoms with van der Waals surface area (Å²) in [5.74, 6) is -4.38. The van der Waals surface area contributed by atoms with Crippen LogP contribution in [0.1, 0.15) is 17.2 Å². The second kappa shape index (κ2) is 7.19. The van der Waals surface area contributed by atoms with Gasteiger partial charge in [0.25, 0.3) is 0 Å². The summed E-state index contributed by atoms with van der Waals surface area (Å²) in [6.45, 7) is 0.0863. The molecule has 29 heavy (non-hydrogen) atoms. The van der Waals surface area contributed by atoms with Crippen LogP contribution in [0.25, 0.3) is 0 Å². The highest BCUT2D eigenvalue weighted by atomic mass is 19.2. The third-order valence-electron chi connectivity index (χ3n) is 4.74. The quantitative estimate of drug-likeness (QED) is 0.631. The van der Waals surface area contributed by atoms with Crippen LogP contribution in [0.3, 0.4) is 0 Å². The van der Waals surface area contributed by atoms with Crippen molar-refractivity contribution in [3.05, 3.63) is 70.8 Å². The van der Waals surface area contributed by atoms with Gasteiger partial charge >= 0.3 is 6.03 Å². The number of carbonyl (C=O) groups is 1. The number of nitrogens with one attached hydrogen (secondary N) is 1. The van der Waals surface area contributed by atoms with E-state index in [0.29, 0.717) is 5.56 Å². The van der Waals surface area contributed by atoms with Gasteiger partial charge in [-0.2, -0.15) is 4.99 Å². The molecule has 2 heterocycles. The van der Waals surface area contributed by atoms with Crippen molar-refractivity contribution in [1.82, 2.24) is 15.1 Å². The number of halogens is 4. The van der Waals surface area contributed by atoms with Gasteiger partial charge in [-0.1, -0.05) is 18.2 Å². The molecule has 0 fully saturated rings. The Bertz CT molecular complexity index is 1030. The first kappa shape index (κ1) is 18.9. The maximum absolute atomic E-state index is 13.9. The number of guanidine groups is 2. The molecule has 0 bridgehead atoms. The van der Waals surface area contributed by atoms with Gasteiger partial charge in [0.2, 0.25) is 11.9 Å². The van der Waals surface area contributed by atoms with Crippen LogP contribution in [-0.2, 0) is 6.54 Å². The van der Waals surface area contributed by atoms with Crippen molar-refractivity contribution in [3.63, 3.8) is 0 Å². The number of rotatable bonds is 3. The molecule has 2 aliphatic heterocycles. The van der Waals surface area contributed by atoms with Crippen molar-refractivity contribution in [2.45, 2.75) is 12.6 Å². The number of amides is 2. The van der Waals surface area contributed by atoms with Gasteiger partial charge in [0.05, 0.1) is 12.6 Å². The number of aliphatic imine (C=N–C) groups is 2. The number of carbonyl (C=O) groups excluding carboxylic acids is 1. The Morgan fingerprint density at radius 2 is 1.79 bits per heavy atom. The molecule has 0 aliphatic carbocycles. The lowest BCUT2D eigenvalue weighted by molar-refractivity contribution is 0.229. The summed E-state index contributed by atoms with van der Waals surface area (Å²) in [7, 11) is 1.46. The molecule has 10 heteroatoms. The van der Waals surface area contributed by atoms with Crippen molar-refractivity contribution >= 4 is 18.0 Å². The third kappa shape index (κ3) is 3.30. The van der Waals surface area contributed by atoms with Crippen LogP contribution in [0, 0.1) is 23.3 Å². The zero-order valence-electron chi connectivity index (χ0n) is 15.2. The SMILES string of the molecule is CN1C(=O)N=C(NCc2ccccc2F)N2C1=NCC2c1cc(F)c(F)c(F)c1. The first-order valence-corrected chi connectivity index (χ1v) is 8.68. The standard InChI is InChI=1S/C19H15F4N5O/c1-27-18-25-9-15(11-6-13(21)16(23)14(22)7-11)28(18)17(26-19(27)29)24-8-10-4-2-3-5-12(10)20/h2-7,15H,8-9H2,1H3,(H,24,26,29). The minimum absolute atomic E-state index is 0.0190. The van der Waals surface area contributed by atoms with Crippen LogP contribution in [0.15, 0.2) is 46.4 Å². The van der Waals surface area contributed by atoms with Gasteiger partial charge in [-0.3, -0.25) is 9.80 Å². The predicted molar refractivity (Wildman–Crippen MR) is 97.0 cm³/mol. The van der Waals surface area contributed by atoms with E-state index in [-0.39, 0.29) is 30.6 Å². The molecular weight excluding hydrogens is 390 g/mol. The van der Waals surface area contributed by atoms with E-state index >= 15 is 0 Å². The zero-order chi connectivity index (χ0) is 20.7. The highest BCUT2D eigenvalue weighted by molar-refractivity contribution is 6.13. The average molecular weight is 405 g/mol. The molecule has 0 saturated carbocycles. The Hall–Kier alpha value is -3.43. The molecule has 6 nitrogen and oxygen atoms in total. The second-order valence-electron chi connectivity index (χ2n) is 6.55. The highest BCUT2D eigenvalue weighted by Crippen LogP contribution is 2.31. The minimum Gasteiger partial charge on any atom is -0.351 e. The molecule has 0 aromatic heterocycles. The van der Waals surface area contributed by atoms with Gasteiger partial charge in [-0.25, -0.2) is 27.3 Å². The first-order valence-electron chi connectivity index (χ1n) is 8.68. The molecular formula is C19H15F4N5O. The summed E-state index contributed by atoms with van der Waals surface area (Å²) in [6, 6.07) is 6.52. The van der Waals surface area contributed by atoms with Crippen LogP contribution in [0.4, 0.5) is 22.4 Å². The summed E-state index contributed by atoms with van der Waals surface area (Å²) in [5, 5.41) is 2.89. The lowest BCUT2D eigenvalue weighted by atomic mass is 10.1. The van der Waals surface area contributed by atoms with Gasteiger partial charge in [0, 0.05) is 19.2 Å². The number of benzene rings is 2. The molecule has 2 aromatic rings. The summed E-state index contributed by atoms with van der Waals surface area (Å²) < 4.78 is 54.7. The number of hydrogen-bond acceptors (Lipinski definition) is 4. The molecule has 0 spiro atoms. The zero-order valence-corrected chi connectivity index (χ0v) is 15.2. The Kier molecular flexibility index (Phi) is 4.69. The van der Waals surface area contributed by atoms with E-state index in [0.717, 1.165) is 12.1 Å². The summed E-state index contributed by atoms with van der Waals surface area (Å²) in [4.78, 5) is 23.0. The van der Waals surface area contributed by atoms with Crippen molar-refractivity contribution in [2.75, 3.05) is 13.6 Å². The van der Waals surface area contributed by atoms with E-state index in [2.05, 4.69) is 15.3 Å². The number of fused-ring (bicyclic) bond motifs is 1. The molecule has 1 N–H and O–H groups in total. The molecule has 2 amide bonds. The molecule has 1 atom stereocenters. The van der Waals surface area contributed by atoms with Crippen LogP contribution in [-0.4, -0.2) is 41.3 Å². The largest absolute Gasteiger partial charge is 0.353 e. The van der Waals surface area contributed by atoms with Gasteiger partial charge < -0.3 is 5.32 Å². The maximum atomic E-state index is 13.9. The highest BCUT2D eigenvalue weighted by Gasteiger charge is 2.40. The monoisotopic (exact) mass is 405 g/mol. The van der Waals surface area contributed by atoms with Crippen LogP contribution in [0.5, 0.6) is 0 Å². The molecule has 0 radical (unpaired) electrons. The van der Waals surface area contributed by atoms with E-state index in [1.165, 1.54) is 22.9 Å². The van der Waals surface area contributed by atoms with Crippen LogP contribution in [0.2, 0.25) is 0 Å². The Labute approximate surface area is 163 Å². The lowest BCUT2D eigenvalue weighted by Gasteiger charge is -2.35. The topological polar surface area (TPSA) is 60.3 Å². The average Bonchev–Trinajstić information content (AvgIpc) is 3.14. The van der Waals surface area contributed by atoms with Crippen molar-refractivity contribution in [1.29, 1.82) is 0 Å². The Morgan fingerprint density at radius 1 is 1.10 bits per heavy atom. The normalized spacial score (nSPS) is 18.5. The van der Waals surface area contributed by atoms with Gasteiger partial charge in [-0.05, 0) is 23.8 Å². The number of urea groups is 1. The number of nitrogens with zero attached hydrogens (tertiary/aromatic N) is 4. The molecule has 150 valence electrons. The Balaban J connectivity index is 1.67. The van der Waals surface area contributed by atoms with E-state index in [9.17, 15) is 22.4 Å². The fourth-order valence-corrected chi connectivity index (χ4v) is 3.24. The fourth-order valence-electron chi connectivity index (χ4n) is 3.24. The van der Waals surface area contributed by atoms with Gasteiger partial charge in [0.1, 0.15) is 5.82 Å². The third-order valence-corrected chi connectivity index (χ3v) is 4.74. The predicted octanol–water partition coefficient (Wildman–Crippen LogP) is 3.17. The van der Waals surface area contributed by atoms with Crippen molar-refractivity contribution in [2.24, 2.45) is 9.98 Å². The van der Waals surface area contributed by atoms with Crippen LogP contribution >= 0.6 is 0 Å².